The molecule has 5 heteroatoms. The third-order valence-electron chi connectivity index (χ3n) is 3.05. The molecule has 1 heterocycles. The van der Waals surface area contributed by atoms with E-state index in [1.165, 1.54) is 4.88 Å². The molecule has 0 bridgehead atoms. The number of anilines is 1. The fourth-order valence-corrected chi connectivity index (χ4v) is 2.75. The molecule has 0 aliphatic heterocycles. The lowest BCUT2D eigenvalue weighted by Crippen LogP contribution is -2.20. The molecule has 0 atom stereocenters. The maximum absolute atomic E-state index is 11.7. The summed E-state index contributed by atoms with van der Waals surface area (Å²) in [7, 11) is 0. The van der Waals surface area contributed by atoms with E-state index in [0.29, 0.717) is 12.1 Å². The van der Waals surface area contributed by atoms with Crippen LogP contribution in [0.2, 0.25) is 0 Å². The van der Waals surface area contributed by atoms with Gasteiger partial charge in [0.2, 0.25) is 0 Å². The van der Waals surface area contributed by atoms with Crippen molar-refractivity contribution >= 4 is 28.9 Å². The summed E-state index contributed by atoms with van der Waals surface area (Å²) in [5.74, 6) is -0.659. The van der Waals surface area contributed by atoms with Gasteiger partial charge in [-0.3, -0.25) is 9.59 Å². The van der Waals surface area contributed by atoms with Crippen molar-refractivity contribution < 1.29 is 14.3 Å². The minimum atomic E-state index is -0.337. The average molecular weight is 317 g/mol. The van der Waals surface area contributed by atoms with Crippen LogP contribution in [-0.2, 0) is 20.7 Å². The second-order valence-corrected chi connectivity index (χ2v) is 6.04. The van der Waals surface area contributed by atoms with Crippen LogP contribution in [0.4, 0.5) is 5.69 Å². The van der Waals surface area contributed by atoms with Crippen LogP contribution in [0.5, 0.6) is 0 Å². The molecule has 22 heavy (non-hydrogen) atoms. The maximum Gasteiger partial charge on any atom is 0.306 e. The van der Waals surface area contributed by atoms with Crippen molar-refractivity contribution in [3.05, 3.63) is 52.2 Å². The molecule has 0 saturated heterocycles. The highest BCUT2D eigenvalue weighted by atomic mass is 32.1. The number of carbonyl (C=O) groups is 2. The van der Waals surface area contributed by atoms with Crippen LogP contribution in [0.25, 0.3) is 0 Å². The lowest BCUT2D eigenvalue weighted by molar-refractivity contribution is -0.147. The van der Waals surface area contributed by atoms with Crippen molar-refractivity contribution in [1.82, 2.24) is 0 Å². The number of rotatable bonds is 7. The molecule has 0 fully saturated rings. The molecule has 0 unspecified atom stereocenters. The Hall–Kier alpha value is -2.14. The Morgan fingerprint density at radius 1 is 1.23 bits per heavy atom. The van der Waals surface area contributed by atoms with Crippen molar-refractivity contribution in [2.45, 2.75) is 26.2 Å². The Bertz CT molecular complexity index is 623. The molecular weight excluding hydrogens is 298 g/mol. The van der Waals surface area contributed by atoms with E-state index in [1.54, 1.807) is 17.4 Å². The van der Waals surface area contributed by atoms with Gasteiger partial charge in [-0.1, -0.05) is 18.2 Å². The highest BCUT2D eigenvalue weighted by Crippen LogP contribution is 2.12. The van der Waals surface area contributed by atoms with Gasteiger partial charge in [-0.2, -0.15) is 0 Å². The number of hydrogen-bond donors (Lipinski definition) is 1. The Labute approximate surface area is 134 Å². The Morgan fingerprint density at radius 3 is 2.82 bits per heavy atom. The molecular formula is C17H19NO3S. The molecule has 116 valence electrons. The van der Waals surface area contributed by atoms with Gasteiger partial charge in [0, 0.05) is 17.0 Å². The molecule has 0 aliphatic carbocycles. The van der Waals surface area contributed by atoms with Crippen LogP contribution in [-0.4, -0.2) is 18.5 Å². The zero-order chi connectivity index (χ0) is 15.8. The predicted octanol–water partition coefficient (Wildman–Crippen LogP) is 3.56. The molecule has 1 amide bonds. The third-order valence-corrected chi connectivity index (χ3v) is 3.99. The molecule has 1 N–H and O–H groups in total. The zero-order valence-corrected chi connectivity index (χ0v) is 13.3. The summed E-state index contributed by atoms with van der Waals surface area (Å²) in [5, 5.41) is 4.72. The number of nitrogens with one attached hydrogen (secondary N) is 1. The summed E-state index contributed by atoms with van der Waals surface area (Å²) in [5.41, 5.74) is 1.77. The minimum absolute atomic E-state index is 0.244. The van der Waals surface area contributed by atoms with Crippen LogP contribution >= 0.6 is 11.3 Å². The molecule has 2 aromatic rings. The van der Waals surface area contributed by atoms with Crippen molar-refractivity contribution in [2.24, 2.45) is 0 Å². The second-order valence-electron chi connectivity index (χ2n) is 5.01. The van der Waals surface area contributed by atoms with Gasteiger partial charge in [-0.15, -0.1) is 11.3 Å². The van der Waals surface area contributed by atoms with E-state index in [2.05, 4.69) is 5.32 Å². The maximum atomic E-state index is 11.7. The van der Waals surface area contributed by atoms with E-state index in [0.717, 1.165) is 18.4 Å². The van der Waals surface area contributed by atoms with E-state index in [9.17, 15) is 9.59 Å². The molecule has 4 nitrogen and oxygen atoms in total. The van der Waals surface area contributed by atoms with Gasteiger partial charge in [0.05, 0.1) is 0 Å². The summed E-state index contributed by atoms with van der Waals surface area (Å²) in [4.78, 5) is 24.5. The summed E-state index contributed by atoms with van der Waals surface area (Å²) >= 11 is 1.68. The highest BCUT2D eigenvalue weighted by Gasteiger charge is 2.08. The van der Waals surface area contributed by atoms with Gasteiger partial charge >= 0.3 is 5.97 Å². The SMILES string of the molecule is Cc1cccc(NC(=O)COC(=O)CCCc2cccs2)c1. The second kappa shape index (κ2) is 8.34. The molecule has 0 aliphatic rings. The third kappa shape index (κ3) is 5.69. The van der Waals surface area contributed by atoms with Crippen molar-refractivity contribution in [3.8, 4) is 0 Å². The van der Waals surface area contributed by atoms with Crippen LogP contribution in [0.3, 0.4) is 0 Å². The number of amides is 1. The van der Waals surface area contributed by atoms with Gasteiger partial charge in [-0.25, -0.2) is 0 Å². The number of benzene rings is 1. The summed E-state index contributed by atoms with van der Waals surface area (Å²) in [6, 6.07) is 11.5. The lowest BCUT2D eigenvalue weighted by atomic mass is 10.2. The first-order chi connectivity index (χ1) is 10.6. The highest BCUT2D eigenvalue weighted by molar-refractivity contribution is 7.09. The first-order valence-electron chi connectivity index (χ1n) is 7.18. The number of hydrogen-bond acceptors (Lipinski definition) is 4. The molecule has 0 saturated carbocycles. The number of aryl methyl sites for hydroxylation is 2. The fraction of sp³-hybridized carbons (Fsp3) is 0.294. The summed E-state index contributed by atoms with van der Waals surface area (Å²) < 4.78 is 4.98. The Balaban J connectivity index is 1.64. The fourth-order valence-electron chi connectivity index (χ4n) is 2.00. The minimum Gasteiger partial charge on any atom is -0.456 e. The van der Waals surface area contributed by atoms with Gasteiger partial charge in [0.25, 0.3) is 5.91 Å². The van der Waals surface area contributed by atoms with Gasteiger partial charge in [0.1, 0.15) is 0 Å². The van der Waals surface area contributed by atoms with Gasteiger partial charge in [0.15, 0.2) is 6.61 Å². The summed E-state index contributed by atoms with van der Waals surface area (Å²) in [6.07, 6.45) is 1.93. The van der Waals surface area contributed by atoms with Crippen molar-refractivity contribution in [2.75, 3.05) is 11.9 Å². The normalized spacial score (nSPS) is 10.2. The molecule has 2 rings (SSSR count). The van der Waals surface area contributed by atoms with Crippen molar-refractivity contribution in [1.29, 1.82) is 0 Å². The Morgan fingerprint density at radius 2 is 2.09 bits per heavy atom. The van der Waals surface area contributed by atoms with Crippen LogP contribution in [0.15, 0.2) is 41.8 Å². The standard InChI is InChI=1S/C17H19NO3S/c1-13-5-2-6-14(11-13)18-16(19)12-21-17(20)9-3-7-15-8-4-10-22-15/h2,4-6,8,10-11H,3,7,9,12H2,1H3,(H,18,19). The molecule has 1 aromatic heterocycles. The smallest absolute Gasteiger partial charge is 0.306 e. The van der Waals surface area contributed by atoms with Crippen molar-refractivity contribution in [3.63, 3.8) is 0 Å². The Kier molecular flexibility index (Phi) is 6.15. The average Bonchev–Trinajstić information content (AvgIpc) is 2.98. The van der Waals surface area contributed by atoms with Crippen LogP contribution in [0.1, 0.15) is 23.3 Å². The molecule has 0 radical (unpaired) electrons. The monoisotopic (exact) mass is 317 g/mol. The number of carbonyl (C=O) groups excluding carboxylic acids is 2. The van der Waals surface area contributed by atoms with Gasteiger partial charge < -0.3 is 10.1 Å². The lowest BCUT2D eigenvalue weighted by Gasteiger charge is -2.07. The predicted molar refractivity (Wildman–Crippen MR) is 88.0 cm³/mol. The summed E-state index contributed by atoms with van der Waals surface area (Å²) in [6.45, 7) is 1.70. The van der Waals surface area contributed by atoms with Crippen LogP contribution < -0.4 is 5.32 Å². The molecule has 1 aromatic carbocycles. The number of thiophene rings is 1. The number of ether oxygens (including phenoxy) is 1. The number of esters is 1. The van der Waals surface area contributed by atoms with E-state index in [1.807, 2.05) is 42.6 Å². The molecule has 0 spiro atoms. The van der Waals surface area contributed by atoms with Gasteiger partial charge in [-0.05, 0) is 48.9 Å². The van der Waals surface area contributed by atoms with E-state index in [-0.39, 0.29) is 18.5 Å². The quantitative estimate of drug-likeness (QED) is 0.794. The van der Waals surface area contributed by atoms with E-state index < -0.39 is 0 Å². The van der Waals surface area contributed by atoms with E-state index >= 15 is 0 Å². The zero-order valence-electron chi connectivity index (χ0n) is 12.5. The topological polar surface area (TPSA) is 55.4 Å². The first kappa shape index (κ1) is 16.2. The van der Waals surface area contributed by atoms with E-state index in [4.69, 9.17) is 4.74 Å². The largest absolute Gasteiger partial charge is 0.456 e. The first-order valence-corrected chi connectivity index (χ1v) is 8.06. The van der Waals surface area contributed by atoms with Crippen LogP contribution in [0, 0.1) is 6.92 Å².